The first-order valence-corrected chi connectivity index (χ1v) is 9.83. The van der Waals surface area contributed by atoms with Crippen LogP contribution in [0, 0.1) is 6.92 Å². The molecule has 2 aromatic carbocycles. The van der Waals surface area contributed by atoms with Gasteiger partial charge in [-0.15, -0.1) is 0 Å². The summed E-state index contributed by atoms with van der Waals surface area (Å²) >= 11 is 0. The Balaban J connectivity index is 1.57. The molecule has 1 unspecified atom stereocenters. The summed E-state index contributed by atoms with van der Waals surface area (Å²) < 4.78 is 5.85. The molecule has 0 fully saturated rings. The van der Waals surface area contributed by atoms with Crippen molar-refractivity contribution in [2.24, 2.45) is 0 Å². The van der Waals surface area contributed by atoms with Crippen molar-refractivity contribution < 1.29 is 4.74 Å². The number of hydrogen-bond acceptors (Lipinski definition) is 2. The normalized spacial score (nSPS) is 16.6. The predicted octanol–water partition coefficient (Wildman–Crippen LogP) is 5.28. The van der Waals surface area contributed by atoms with Crippen LogP contribution in [0.15, 0.2) is 42.5 Å². The molecule has 26 heavy (non-hydrogen) atoms. The van der Waals surface area contributed by atoms with Crippen molar-refractivity contribution >= 4 is 10.9 Å². The number of rotatable bonds is 6. The van der Waals surface area contributed by atoms with Crippen LogP contribution in [-0.4, -0.2) is 18.1 Å². The van der Waals surface area contributed by atoms with Gasteiger partial charge in [0.25, 0.3) is 0 Å². The SMILES string of the molecule is CCCCCOc1ccc(C2NCCc3c2[nH]c2ccc(C)cc32)cc1. The summed E-state index contributed by atoms with van der Waals surface area (Å²) in [4.78, 5) is 3.66. The van der Waals surface area contributed by atoms with Crippen LogP contribution in [0.4, 0.5) is 0 Å². The summed E-state index contributed by atoms with van der Waals surface area (Å²) in [6.45, 7) is 6.19. The van der Waals surface area contributed by atoms with Gasteiger partial charge < -0.3 is 15.0 Å². The van der Waals surface area contributed by atoms with Crippen LogP contribution in [0.3, 0.4) is 0 Å². The molecule has 1 aliphatic rings. The average molecular weight is 348 g/mol. The fourth-order valence-corrected chi connectivity index (χ4v) is 3.92. The highest BCUT2D eigenvalue weighted by Gasteiger charge is 2.25. The summed E-state index contributed by atoms with van der Waals surface area (Å²) in [6.07, 6.45) is 4.66. The highest BCUT2D eigenvalue weighted by atomic mass is 16.5. The zero-order valence-corrected chi connectivity index (χ0v) is 15.8. The summed E-state index contributed by atoms with van der Waals surface area (Å²) in [6, 6.07) is 15.5. The Morgan fingerprint density at radius 1 is 1.08 bits per heavy atom. The zero-order valence-electron chi connectivity index (χ0n) is 15.8. The van der Waals surface area contributed by atoms with E-state index in [9.17, 15) is 0 Å². The van der Waals surface area contributed by atoms with Crippen LogP contribution in [0.2, 0.25) is 0 Å². The largest absolute Gasteiger partial charge is 0.494 e. The molecule has 0 bridgehead atoms. The molecule has 3 heteroatoms. The van der Waals surface area contributed by atoms with E-state index in [0.29, 0.717) is 0 Å². The topological polar surface area (TPSA) is 37.0 Å². The number of nitrogens with one attached hydrogen (secondary N) is 2. The maximum atomic E-state index is 5.85. The maximum absolute atomic E-state index is 5.85. The van der Waals surface area contributed by atoms with Crippen molar-refractivity contribution in [2.45, 2.75) is 45.6 Å². The van der Waals surface area contributed by atoms with Crippen molar-refractivity contribution in [1.29, 1.82) is 0 Å². The van der Waals surface area contributed by atoms with Crippen LogP contribution in [0.1, 0.15) is 54.6 Å². The van der Waals surface area contributed by atoms with Crippen LogP contribution in [-0.2, 0) is 6.42 Å². The molecular weight excluding hydrogens is 320 g/mol. The quantitative estimate of drug-likeness (QED) is 0.595. The zero-order chi connectivity index (χ0) is 17.9. The molecule has 2 heterocycles. The molecule has 136 valence electrons. The number of hydrogen-bond donors (Lipinski definition) is 2. The summed E-state index contributed by atoms with van der Waals surface area (Å²) in [5, 5.41) is 5.05. The van der Waals surface area contributed by atoms with Crippen LogP contribution in [0.25, 0.3) is 10.9 Å². The lowest BCUT2D eigenvalue weighted by Gasteiger charge is -2.25. The van der Waals surface area contributed by atoms with E-state index in [-0.39, 0.29) is 6.04 Å². The molecule has 0 amide bonds. The van der Waals surface area contributed by atoms with Gasteiger partial charge in [-0.25, -0.2) is 0 Å². The number of aryl methyl sites for hydroxylation is 1. The van der Waals surface area contributed by atoms with Gasteiger partial charge in [-0.2, -0.15) is 0 Å². The van der Waals surface area contributed by atoms with Crippen molar-refractivity contribution in [3.05, 3.63) is 64.8 Å². The highest BCUT2D eigenvalue weighted by Crippen LogP contribution is 2.34. The Morgan fingerprint density at radius 2 is 1.92 bits per heavy atom. The molecule has 0 saturated carbocycles. The van der Waals surface area contributed by atoms with Gasteiger partial charge in [0.05, 0.1) is 12.6 Å². The van der Waals surface area contributed by atoms with Gasteiger partial charge in [-0.05, 0) is 55.2 Å². The van der Waals surface area contributed by atoms with E-state index in [1.54, 1.807) is 0 Å². The molecule has 0 spiro atoms. The van der Waals surface area contributed by atoms with Crippen LogP contribution in [0.5, 0.6) is 5.75 Å². The summed E-state index contributed by atoms with van der Waals surface area (Å²) in [5.74, 6) is 0.966. The second-order valence-electron chi connectivity index (χ2n) is 7.33. The molecule has 1 aliphatic heterocycles. The minimum absolute atomic E-state index is 0.223. The fourth-order valence-electron chi connectivity index (χ4n) is 3.92. The number of aromatic amines is 1. The average Bonchev–Trinajstić information content (AvgIpc) is 3.04. The van der Waals surface area contributed by atoms with Gasteiger partial charge in [0.15, 0.2) is 0 Å². The minimum Gasteiger partial charge on any atom is -0.494 e. The van der Waals surface area contributed by atoms with E-state index in [4.69, 9.17) is 4.74 Å². The van der Waals surface area contributed by atoms with Gasteiger partial charge in [0, 0.05) is 23.1 Å². The third-order valence-corrected chi connectivity index (χ3v) is 5.34. The van der Waals surface area contributed by atoms with E-state index in [1.807, 2.05) is 0 Å². The van der Waals surface area contributed by atoms with Crippen molar-refractivity contribution in [2.75, 3.05) is 13.2 Å². The van der Waals surface area contributed by atoms with Gasteiger partial charge >= 0.3 is 0 Å². The minimum atomic E-state index is 0.223. The van der Waals surface area contributed by atoms with E-state index >= 15 is 0 Å². The predicted molar refractivity (Wildman–Crippen MR) is 108 cm³/mol. The molecule has 1 atom stereocenters. The summed E-state index contributed by atoms with van der Waals surface area (Å²) in [5.41, 5.74) is 6.63. The number of H-pyrrole nitrogens is 1. The third kappa shape index (κ3) is 3.36. The second-order valence-corrected chi connectivity index (χ2v) is 7.33. The lowest BCUT2D eigenvalue weighted by atomic mass is 9.94. The van der Waals surface area contributed by atoms with E-state index in [1.165, 1.54) is 46.1 Å². The Kier molecular flexibility index (Phi) is 4.98. The lowest BCUT2D eigenvalue weighted by molar-refractivity contribution is 0.306. The number of fused-ring (bicyclic) bond motifs is 3. The van der Waals surface area contributed by atoms with Gasteiger partial charge in [-0.1, -0.05) is 43.5 Å². The molecule has 2 N–H and O–H groups in total. The van der Waals surface area contributed by atoms with Gasteiger partial charge in [0.1, 0.15) is 5.75 Å². The Hall–Kier alpha value is -2.26. The number of aromatic nitrogens is 1. The molecule has 3 aromatic rings. The Bertz CT molecular complexity index is 879. The Morgan fingerprint density at radius 3 is 2.73 bits per heavy atom. The molecule has 4 rings (SSSR count). The first-order valence-electron chi connectivity index (χ1n) is 9.83. The molecule has 0 radical (unpaired) electrons. The first-order chi connectivity index (χ1) is 12.8. The molecular formula is C23H28N2O. The molecule has 0 aliphatic carbocycles. The fraction of sp³-hybridized carbons (Fsp3) is 0.391. The monoisotopic (exact) mass is 348 g/mol. The smallest absolute Gasteiger partial charge is 0.119 e. The first kappa shape index (κ1) is 17.2. The second kappa shape index (κ2) is 7.55. The van der Waals surface area contributed by atoms with Crippen LogP contribution < -0.4 is 10.1 Å². The van der Waals surface area contributed by atoms with Crippen molar-refractivity contribution in [1.82, 2.24) is 10.3 Å². The van der Waals surface area contributed by atoms with Crippen molar-refractivity contribution in [3.8, 4) is 5.75 Å². The van der Waals surface area contributed by atoms with Gasteiger partial charge in [0.2, 0.25) is 0 Å². The standard InChI is InChI=1S/C23H28N2O/c1-3-4-5-14-26-18-9-7-17(8-10-18)22-23-19(12-13-24-22)20-15-16(2)6-11-21(20)25-23/h6-11,15,22,24-25H,3-5,12-14H2,1-2H3. The lowest BCUT2D eigenvalue weighted by Crippen LogP contribution is -2.30. The Labute approximate surface area is 155 Å². The van der Waals surface area contributed by atoms with E-state index in [0.717, 1.165) is 31.7 Å². The molecule has 3 nitrogen and oxygen atoms in total. The molecule has 0 saturated heterocycles. The van der Waals surface area contributed by atoms with E-state index in [2.05, 4.69) is 66.6 Å². The number of unbranched alkanes of at least 4 members (excludes halogenated alkanes) is 2. The summed E-state index contributed by atoms with van der Waals surface area (Å²) in [7, 11) is 0. The third-order valence-electron chi connectivity index (χ3n) is 5.34. The number of benzene rings is 2. The van der Waals surface area contributed by atoms with Crippen LogP contribution >= 0.6 is 0 Å². The highest BCUT2D eigenvalue weighted by molar-refractivity contribution is 5.86. The van der Waals surface area contributed by atoms with Crippen molar-refractivity contribution in [3.63, 3.8) is 0 Å². The molecule has 1 aromatic heterocycles. The number of ether oxygens (including phenoxy) is 1. The maximum Gasteiger partial charge on any atom is 0.119 e. The van der Waals surface area contributed by atoms with E-state index < -0.39 is 0 Å². The van der Waals surface area contributed by atoms with Gasteiger partial charge in [-0.3, -0.25) is 0 Å².